The summed E-state index contributed by atoms with van der Waals surface area (Å²) in [7, 11) is 0. The first kappa shape index (κ1) is 18.2. The summed E-state index contributed by atoms with van der Waals surface area (Å²) in [6, 6.07) is 8.18. The average Bonchev–Trinajstić information content (AvgIpc) is 2.60. The van der Waals surface area contributed by atoms with Crippen molar-refractivity contribution in [1.29, 1.82) is 0 Å². The molecule has 0 aromatic heterocycles. The van der Waals surface area contributed by atoms with Crippen molar-refractivity contribution in [3.63, 3.8) is 0 Å². The van der Waals surface area contributed by atoms with E-state index in [1.54, 1.807) is 0 Å². The first-order valence-corrected chi connectivity index (χ1v) is 8.98. The normalized spacial score (nSPS) is 19.5. The van der Waals surface area contributed by atoms with E-state index in [-0.39, 0.29) is 0 Å². The fraction of sp³-hybridized carbons (Fsp3) is 0.684. The number of aliphatic hydroxyl groups excluding tert-OH is 1. The largest absolute Gasteiger partial charge is 0.491 e. The molecule has 1 aliphatic heterocycles. The Morgan fingerprint density at radius 2 is 1.74 bits per heavy atom. The minimum atomic E-state index is -0.437. The van der Waals surface area contributed by atoms with E-state index in [1.807, 2.05) is 12.1 Å². The number of para-hydroxylation sites is 1. The molecule has 4 nitrogen and oxygen atoms in total. The minimum absolute atomic E-state index is 0.363. The molecule has 2 atom stereocenters. The second-order valence-corrected chi connectivity index (χ2v) is 6.55. The van der Waals surface area contributed by atoms with Gasteiger partial charge >= 0.3 is 0 Å². The minimum Gasteiger partial charge on any atom is -0.491 e. The van der Waals surface area contributed by atoms with Gasteiger partial charge in [0.1, 0.15) is 18.5 Å². The maximum absolute atomic E-state index is 10.3. The molecule has 130 valence electrons. The highest BCUT2D eigenvalue weighted by atomic mass is 16.5. The van der Waals surface area contributed by atoms with Gasteiger partial charge in [-0.15, -0.1) is 0 Å². The summed E-state index contributed by atoms with van der Waals surface area (Å²) in [5.74, 6) is 1.39. The Morgan fingerprint density at radius 1 is 1.09 bits per heavy atom. The Balaban J connectivity index is 1.80. The van der Waals surface area contributed by atoms with Gasteiger partial charge in [-0.05, 0) is 30.5 Å². The van der Waals surface area contributed by atoms with Crippen LogP contribution in [0.3, 0.4) is 0 Å². The fourth-order valence-electron chi connectivity index (χ4n) is 3.06. The third-order valence-corrected chi connectivity index (χ3v) is 4.87. The monoisotopic (exact) mass is 320 g/mol. The summed E-state index contributed by atoms with van der Waals surface area (Å²) in [5, 5.41) is 10.3. The lowest BCUT2D eigenvalue weighted by Gasteiger charge is -2.34. The van der Waals surface area contributed by atoms with E-state index in [4.69, 9.17) is 4.74 Å². The van der Waals surface area contributed by atoms with Gasteiger partial charge in [-0.25, -0.2) is 0 Å². The van der Waals surface area contributed by atoms with E-state index in [1.165, 1.54) is 5.56 Å². The van der Waals surface area contributed by atoms with Crippen LogP contribution in [-0.4, -0.2) is 66.9 Å². The van der Waals surface area contributed by atoms with Crippen molar-refractivity contribution in [3.8, 4) is 5.75 Å². The lowest BCUT2D eigenvalue weighted by Crippen LogP contribution is -2.49. The average molecular weight is 320 g/mol. The second kappa shape index (κ2) is 9.26. The Hall–Kier alpha value is -1.10. The summed E-state index contributed by atoms with van der Waals surface area (Å²) in [6.45, 7) is 13.0. The predicted octanol–water partition coefficient (Wildman–Crippen LogP) is 2.58. The molecule has 23 heavy (non-hydrogen) atoms. The van der Waals surface area contributed by atoms with Gasteiger partial charge in [-0.1, -0.05) is 39.0 Å². The second-order valence-electron chi connectivity index (χ2n) is 6.55. The summed E-state index contributed by atoms with van der Waals surface area (Å²) in [4.78, 5) is 4.78. The van der Waals surface area contributed by atoms with Crippen molar-refractivity contribution in [2.24, 2.45) is 0 Å². The highest BCUT2D eigenvalue weighted by molar-refractivity contribution is 5.35. The summed E-state index contributed by atoms with van der Waals surface area (Å²) < 4.78 is 5.92. The van der Waals surface area contributed by atoms with Crippen LogP contribution < -0.4 is 4.74 Å². The van der Waals surface area contributed by atoms with Crippen LogP contribution in [0, 0.1) is 0 Å². The van der Waals surface area contributed by atoms with Crippen molar-refractivity contribution in [2.75, 3.05) is 45.9 Å². The number of ether oxygens (including phenoxy) is 1. The number of likely N-dealkylation sites (N-methyl/N-ethyl adjacent to an activating group) is 1. The van der Waals surface area contributed by atoms with Gasteiger partial charge in [0.2, 0.25) is 0 Å². The summed E-state index contributed by atoms with van der Waals surface area (Å²) >= 11 is 0. The Bertz CT molecular complexity index is 458. The van der Waals surface area contributed by atoms with Gasteiger partial charge in [0.05, 0.1) is 0 Å². The van der Waals surface area contributed by atoms with E-state index in [0.717, 1.165) is 44.9 Å². The first-order valence-electron chi connectivity index (χ1n) is 8.98. The van der Waals surface area contributed by atoms with E-state index < -0.39 is 6.10 Å². The third kappa shape index (κ3) is 5.48. The Kier molecular flexibility index (Phi) is 7.34. The van der Waals surface area contributed by atoms with E-state index in [9.17, 15) is 5.11 Å². The number of benzene rings is 1. The van der Waals surface area contributed by atoms with Crippen LogP contribution in [0.5, 0.6) is 5.75 Å². The van der Waals surface area contributed by atoms with Crippen molar-refractivity contribution < 1.29 is 9.84 Å². The highest BCUT2D eigenvalue weighted by Gasteiger charge is 2.19. The smallest absolute Gasteiger partial charge is 0.122 e. The fourth-order valence-corrected chi connectivity index (χ4v) is 3.06. The van der Waals surface area contributed by atoms with Gasteiger partial charge in [-0.3, -0.25) is 4.90 Å². The lowest BCUT2D eigenvalue weighted by atomic mass is 9.98. The number of β-amino-alcohol motifs (C(OH)–C–C–N with tert-alkyl or cyclic N) is 1. The number of nitrogens with zero attached hydrogens (tertiary/aromatic N) is 2. The van der Waals surface area contributed by atoms with Gasteiger partial charge in [0.15, 0.2) is 0 Å². The van der Waals surface area contributed by atoms with Crippen molar-refractivity contribution in [2.45, 2.75) is 39.2 Å². The molecule has 0 bridgehead atoms. The van der Waals surface area contributed by atoms with E-state index in [0.29, 0.717) is 19.1 Å². The molecule has 0 radical (unpaired) electrons. The van der Waals surface area contributed by atoms with E-state index in [2.05, 4.69) is 42.7 Å². The molecule has 1 fully saturated rings. The quantitative estimate of drug-likeness (QED) is 0.799. The third-order valence-electron chi connectivity index (χ3n) is 4.87. The summed E-state index contributed by atoms with van der Waals surface area (Å²) in [6.07, 6.45) is 0.651. The Morgan fingerprint density at radius 3 is 2.39 bits per heavy atom. The molecule has 2 rings (SSSR count). The number of rotatable bonds is 8. The van der Waals surface area contributed by atoms with Crippen LogP contribution in [0.4, 0.5) is 0 Å². The van der Waals surface area contributed by atoms with Crippen LogP contribution in [0.25, 0.3) is 0 Å². The molecule has 0 saturated carbocycles. The molecule has 1 saturated heterocycles. The van der Waals surface area contributed by atoms with Crippen LogP contribution in [0.2, 0.25) is 0 Å². The molecule has 0 amide bonds. The van der Waals surface area contributed by atoms with Gasteiger partial charge < -0.3 is 14.7 Å². The lowest BCUT2D eigenvalue weighted by molar-refractivity contribution is 0.0468. The Labute approximate surface area is 141 Å². The van der Waals surface area contributed by atoms with Gasteiger partial charge in [-0.2, -0.15) is 0 Å². The SMILES string of the molecule is CC[C@@H](C)c1ccccc1OC[C@@H](O)CN1CCN(CC)CC1. The van der Waals surface area contributed by atoms with Gasteiger partial charge in [0.25, 0.3) is 0 Å². The molecule has 0 spiro atoms. The zero-order valence-corrected chi connectivity index (χ0v) is 14.9. The molecule has 0 unspecified atom stereocenters. The molecule has 1 aromatic carbocycles. The number of hydrogen-bond donors (Lipinski definition) is 1. The number of hydrogen-bond acceptors (Lipinski definition) is 4. The molecule has 0 aliphatic carbocycles. The van der Waals surface area contributed by atoms with Crippen molar-refractivity contribution in [1.82, 2.24) is 9.80 Å². The molecular weight excluding hydrogens is 288 g/mol. The van der Waals surface area contributed by atoms with Crippen molar-refractivity contribution in [3.05, 3.63) is 29.8 Å². The number of piperazine rings is 1. The van der Waals surface area contributed by atoms with E-state index >= 15 is 0 Å². The van der Waals surface area contributed by atoms with Gasteiger partial charge in [0, 0.05) is 32.7 Å². The molecular formula is C19H32N2O2. The van der Waals surface area contributed by atoms with Crippen LogP contribution >= 0.6 is 0 Å². The summed E-state index contributed by atoms with van der Waals surface area (Å²) in [5.41, 5.74) is 1.23. The topological polar surface area (TPSA) is 35.9 Å². The zero-order chi connectivity index (χ0) is 16.7. The maximum Gasteiger partial charge on any atom is 0.122 e. The standard InChI is InChI=1S/C19H32N2O2/c1-4-16(3)18-8-6-7-9-19(18)23-15-17(22)14-21-12-10-20(5-2)11-13-21/h6-9,16-17,22H,4-5,10-15H2,1-3H3/t16-,17+/m1/s1. The highest BCUT2D eigenvalue weighted by Crippen LogP contribution is 2.28. The molecule has 1 aliphatic rings. The molecule has 1 N–H and O–H groups in total. The van der Waals surface area contributed by atoms with Crippen LogP contribution in [0.15, 0.2) is 24.3 Å². The van der Waals surface area contributed by atoms with Crippen LogP contribution in [-0.2, 0) is 0 Å². The van der Waals surface area contributed by atoms with Crippen molar-refractivity contribution >= 4 is 0 Å². The molecule has 4 heteroatoms. The molecule has 1 aromatic rings. The maximum atomic E-state index is 10.3. The number of aliphatic hydroxyl groups is 1. The molecule has 1 heterocycles. The van der Waals surface area contributed by atoms with Crippen LogP contribution in [0.1, 0.15) is 38.7 Å². The predicted molar refractivity (Wildman–Crippen MR) is 95.2 cm³/mol. The zero-order valence-electron chi connectivity index (χ0n) is 14.9. The first-order chi connectivity index (χ1) is 11.1.